The molecule has 1 aliphatic rings. The quantitative estimate of drug-likeness (QED) is 0.398. The summed E-state index contributed by atoms with van der Waals surface area (Å²) in [5.41, 5.74) is 3.26. The van der Waals surface area contributed by atoms with E-state index in [1.165, 1.54) is 11.8 Å². The molecule has 0 bridgehead atoms. The second-order valence-corrected chi connectivity index (χ2v) is 9.66. The number of nitrogens with zero attached hydrogens (tertiary/aromatic N) is 2. The van der Waals surface area contributed by atoms with Crippen molar-refractivity contribution in [1.82, 2.24) is 9.88 Å². The largest absolute Gasteiger partial charge is 0.496 e. The molecular formula is C27H24ClN3O3S. The normalized spacial score (nSPS) is 15.6. The van der Waals surface area contributed by atoms with Gasteiger partial charge in [-0.15, -0.1) is 0 Å². The Morgan fingerprint density at radius 3 is 2.69 bits per heavy atom. The van der Waals surface area contributed by atoms with Crippen LogP contribution in [-0.2, 0) is 23.2 Å². The van der Waals surface area contributed by atoms with Crippen molar-refractivity contribution in [3.05, 3.63) is 88.9 Å². The van der Waals surface area contributed by atoms with Crippen LogP contribution < -0.4 is 15.0 Å². The van der Waals surface area contributed by atoms with Crippen molar-refractivity contribution in [2.75, 3.05) is 17.8 Å². The Hall–Kier alpha value is -3.42. The fourth-order valence-electron chi connectivity index (χ4n) is 4.61. The fraction of sp³-hybridized carbons (Fsp3) is 0.185. The molecule has 1 atom stereocenters. The number of aromatic nitrogens is 1. The molecule has 4 aromatic rings. The van der Waals surface area contributed by atoms with E-state index < -0.39 is 6.04 Å². The van der Waals surface area contributed by atoms with E-state index in [2.05, 4.69) is 9.88 Å². The molecule has 1 aromatic heterocycles. The number of amides is 2. The minimum Gasteiger partial charge on any atom is -0.496 e. The van der Waals surface area contributed by atoms with E-state index in [4.69, 9.17) is 16.3 Å². The molecule has 2 heterocycles. The molecule has 3 aromatic carbocycles. The molecule has 178 valence electrons. The standard InChI is InChI=1S/C27H24ClN3O3S/c1-30-21-12-5-4-11-20(21)24-25(26(33)29-15-17-8-3-6-13-22(17)34-2)31(23(32)16-35-27(24)30)19-10-7-9-18(28)14-19/h3-14,25H,15-16H2,1-2H3,(H,29,33). The number of aryl methyl sites for hydroxylation is 1. The molecule has 0 saturated heterocycles. The van der Waals surface area contributed by atoms with E-state index in [0.717, 1.165) is 27.1 Å². The van der Waals surface area contributed by atoms with Gasteiger partial charge in [0.15, 0.2) is 0 Å². The molecule has 0 saturated carbocycles. The van der Waals surface area contributed by atoms with Gasteiger partial charge in [0.2, 0.25) is 11.8 Å². The van der Waals surface area contributed by atoms with Crippen LogP contribution in [0.2, 0.25) is 5.02 Å². The predicted molar refractivity (Wildman–Crippen MR) is 140 cm³/mol. The lowest BCUT2D eigenvalue weighted by atomic mass is 10.0. The molecule has 0 fully saturated rings. The van der Waals surface area contributed by atoms with Gasteiger partial charge in [0, 0.05) is 46.3 Å². The highest BCUT2D eigenvalue weighted by molar-refractivity contribution is 8.00. The highest BCUT2D eigenvalue weighted by atomic mass is 35.5. The van der Waals surface area contributed by atoms with Crippen LogP contribution >= 0.6 is 23.4 Å². The number of rotatable bonds is 5. The Kier molecular flexibility index (Phi) is 6.45. The van der Waals surface area contributed by atoms with Crippen LogP contribution in [0.3, 0.4) is 0 Å². The van der Waals surface area contributed by atoms with Crippen LogP contribution in [-0.4, -0.2) is 29.2 Å². The van der Waals surface area contributed by atoms with Gasteiger partial charge in [-0.05, 0) is 30.3 Å². The summed E-state index contributed by atoms with van der Waals surface area (Å²) in [5, 5.41) is 5.40. The SMILES string of the molecule is COc1ccccc1CNC(=O)C1c2c(n(C)c3ccccc23)SCC(=O)N1c1cccc(Cl)c1. The number of methoxy groups -OCH3 is 1. The molecule has 0 spiro atoms. The summed E-state index contributed by atoms with van der Waals surface area (Å²) in [6.07, 6.45) is 0. The van der Waals surface area contributed by atoms with Crippen molar-refractivity contribution in [1.29, 1.82) is 0 Å². The number of nitrogens with one attached hydrogen (secondary N) is 1. The number of carbonyl (C=O) groups excluding carboxylic acids is 2. The Morgan fingerprint density at radius 1 is 1.11 bits per heavy atom. The summed E-state index contributed by atoms with van der Waals surface area (Å²) in [5.74, 6) is 0.470. The molecule has 2 amide bonds. The number of anilines is 1. The van der Waals surface area contributed by atoms with Gasteiger partial charge < -0.3 is 14.6 Å². The van der Waals surface area contributed by atoms with Crippen molar-refractivity contribution in [2.24, 2.45) is 7.05 Å². The molecule has 1 unspecified atom stereocenters. The van der Waals surface area contributed by atoms with Gasteiger partial charge in [-0.3, -0.25) is 14.5 Å². The first-order valence-electron chi connectivity index (χ1n) is 11.2. The van der Waals surface area contributed by atoms with Gasteiger partial charge in [0.1, 0.15) is 11.8 Å². The summed E-state index contributed by atoms with van der Waals surface area (Å²) < 4.78 is 7.50. The summed E-state index contributed by atoms with van der Waals surface area (Å²) in [4.78, 5) is 29.0. The summed E-state index contributed by atoms with van der Waals surface area (Å²) in [6.45, 7) is 0.268. The van der Waals surface area contributed by atoms with Crippen LogP contribution in [0.4, 0.5) is 5.69 Å². The molecule has 6 nitrogen and oxygen atoms in total. The fourth-order valence-corrected chi connectivity index (χ4v) is 5.86. The Bertz CT molecular complexity index is 1430. The van der Waals surface area contributed by atoms with Gasteiger partial charge >= 0.3 is 0 Å². The Balaban J connectivity index is 1.64. The van der Waals surface area contributed by atoms with E-state index >= 15 is 0 Å². The van der Waals surface area contributed by atoms with Crippen molar-refractivity contribution in [3.8, 4) is 5.75 Å². The number of fused-ring (bicyclic) bond motifs is 3. The number of carbonyl (C=O) groups is 2. The van der Waals surface area contributed by atoms with Crippen LogP contribution in [0.5, 0.6) is 5.75 Å². The monoisotopic (exact) mass is 505 g/mol. The van der Waals surface area contributed by atoms with Crippen LogP contribution in [0.15, 0.2) is 77.8 Å². The smallest absolute Gasteiger partial charge is 0.248 e. The van der Waals surface area contributed by atoms with Crippen LogP contribution in [0.25, 0.3) is 10.9 Å². The van der Waals surface area contributed by atoms with Gasteiger partial charge in [-0.2, -0.15) is 0 Å². The highest BCUT2D eigenvalue weighted by Crippen LogP contribution is 2.43. The lowest BCUT2D eigenvalue weighted by Gasteiger charge is -2.30. The Morgan fingerprint density at radius 2 is 1.89 bits per heavy atom. The highest BCUT2D eigenvalue weighted by Gasteiger charge is 2.39. The zero-order valence-electron chi connectivity index (χ0n) is 19.3. The lowest BCUT2D eigenvalue weighted by Crippen LogP contribution is -2.43. The second-order valence-electron chi connectivity index (χ2n) is 8.26. The van der Waals surface area contributed by atoms with E-state index in [1.807, 2.05) is 61.6 Å². The molecule has 8 heteroatoms. The Labute approximate surface area is 212 Å². The first-order valence-corrected chi connectivity index (χ1v) is 12.5. The molecule has 35 heavy (non-hydrogen) atoms. The van der Waals surface area contributed by atoms with Crippen molar-refractivity contribution < 1.29 is 14.3 Å². The molecule has 1 N–H and O–H groups in total. The number of halogens is 1. The molecule has 5 rings (SSSR count). The zero-order valence-corrected chi connectivity index (χ0v) is 20.9. The van der Waals surface area contributed by atoms with E-state index in [0.29, 0.717) is 16.5 Å². The third kappa shape index (κ3) is 4.26. The van der Waals surface area contributed by atoms with Crippen molar-refractivity contribution >= 4 is 51.8 Å². The van der Waals surface area contributed by atoms with Gasteiger partial charge in [0.25, 0.3) is 0 Å². The minimum atomic E-state index is -0.869. The minimum absolute atomic E-state index is 0.157. The number of hydrogen-bond acceptors (Lipinski definition) is 4. The van der Waals surface area contributed by atoms with Gasteiger partial charge in [-0.25, -0.2) is 0 Å². The number of hydrogen-bond donors (Lipinski definition) is 1. The molecule has 1 aliphatic heterocycles. The maximum atomic E-state index is 14.0. The first kappa shape index (κ1) is 23.3. The third-order valence-corrected chi connectivity index (χ3v) is 7.60. The van der Waals surface area contributed by atoms with Crippen molar-refractivity contribution in [3.63, 3.8) is 0 Å². The van der Waals surface area contributed by atoms with E-state index in [-0.39, 0.29) is 24.1 Å². The summed E-state index contributed by atoms with van der Waals surface area (Å²) in [6, 6.07) is 21.7. The number of para-hydroxylation sites is 2. The van der Waals surface area contributed by atoms with Gasteiger partial charge in [0.05, 0.1) is 17.9 Å². The average molecular weight is 506 g/mol. The maximum absolute atomic E-state index is 14.0. The molecule has 0 aliphatic carbocycles. The number of ether oxygens (including phenoxy) is 1. The first-order chi connectivity index (χ1) is 17.0. The van der Waals surface area contributed by atoms with Crippen LogP contribution in [0.1, 0.15) is 17.2 Å². The van der Waals surface area contributed by atoms with E-state index in [9.17, 15) is 9.59 Å². The lowest BCUT2D eigenvalue weighted by molar-refractivity contribution is -0.125. The van der Waals surface area contributed by atoms with Crippen molar-refractivity contribution in [2.45, 2.75) is 17.6 Å². The zero-order chi connectivity index (χ0) is 24.5. The summed E-state index contributed by atoms with van der Waals surface area (Å²) in [7, 11) is 3.57. The second kappa shape index (κ2) is 9.68. The number of benzene rings is 3. The number of thioether (sulfide) groups is 1. The van der Waals surface area contributed by atoms with E-state index in [1.54, 1.807) is 30.2 Å². The topological polar surface area (TPSA) is 63.6 Å². The molecular weight excluding hydrogens is 482 g/mol. The van der Waals surface area contributed by atoms with Crippen LogP contribution in [0, 0.1) is 0 Å². The maximum Gasteiger partial charge on any atom is 0.248 e. The third-order valence-electron chi connectivity index (χ3n) is 6.20. The molecule has 0 radical (unpaired) electrons. The average Bonchev–Trinajstić information content (AvgIpc) is 3.05. The van der Waals surface area contributed by atoms with Gasteiger partial charge in [-0.1, -0.05) is 65.8 Å². The summed E-state index contributed by atoms with van der Waals surface area (Å²) >= 11 is 7.75. The predicted octanol–water partition coefficient (Wildman–Crippen LogP) is 5.34.